The van der Waals surface area contributed by atoms with Crippen LogP contribution in [0, 0.1) is 6.92 Å². The van der Waals surface area contributed by atoms with Crippen LogP contribution >= 0.6 is 24.8 Å². The Morgan fingerprint density at radius 3 is 2.35 bits per heavy atom. The van der Waals surface area contributed by atoms with Gasteiger partial charge in [0.1, 0.15) is 11.6 Å². The van der Waals surface area contributed by atoms with Crippen LogP contribution in [0.15, 0.2) is 6.07 Å². The molecule has 1 aliphatic rings. The number of nitrogens with zero attached hydrogens (tertiary/aromatic N) is 4. The van der Waals surface area contributed by atoms with Crippen LogP contribution in [0.5, 0.6) is 0 Å². The minimum Gasteiger partial charge on any atom is -0.353 e. The Morgan fingerprint density at radius 1 is 1.19 bits per heavy atom. The number of nitrogens with two attached hydrogens (primary N) is 1. The molecular weight excluding hydrogens is 379 g/mol. The maximum absolute atomic E-state index is 12.1. The fraction of sp³-hybridized carbons (Fsp3) is 0.625. The average Bonchev–Trinajstić information content (AvgIpc) is 2.58. The lowest BCUT2D eigenvalue weighted by molar-refractivity contribution is -0.132. The molecule has 0 bridgehead atoms. The molecule has 3 N–H and O–H groups in total. The van der Waals surface area contributed by atoms with Crippen molar-refractivity contribution in [3.05, 3.63) is 17.6 Å². The molecule has 2 heterocycles. The Kier molecular flexibility index (Phi) is 10.4. The smallest absolute Gasteiger partial charge is 0.242 e. The number of piperazine rings is 1. The van der Waals surface area contributed by atoms with Crippen molar-refractivity contribution in [1.82, 2.24) is 20.2 Å². The third-order valence-electron chi connectivity index (χ3n) is 3.95. The summed E-state index contributed by atoms with van der Waals surface area (Å²) in [5.41, 5.74) is 6.16. The van der Waals surface area contributed by atoms with Crippen LogP contribution in [-0.2, 0) is 9.59 Å². The van der Waals surface area contributed by atoms with E-state index < -0.39 is 0 Å². The first-order valence-electron chi connectivity index (χ1n) is 8.25. The van der Waals surface area contributed by atoms with E-state index in [-0.39, 0.29) is 55.6 Å². The second-order valence-corrected chi connectivity index (χ2v) is 6.23. The Hall–Kier alpha value is -1.64. The zero-order valence-corrected chi connectivity index (χ0v) is 17.0. The van der Waals surface area contributed by atoms with E-state index in [1.807, 2.05) is 13.0 Å². The van der Waals surface area contributed by atoms with Crippen molar-refractivity contribution in [3.8, 4) is 0 Å². The lowest BCUT2D eigenvalue weighted by atomic mass is 10.2. The summed E-state index contributed by atoms with van der Waals surface area (Å²) >= 11 is 0. The van der Waals surface area contributed by atoms with E-state index >= 15 is 0 Å². The minimum absolute atomic E-state index is 0. The second-order valence-electron chi connectivity index (χ2n) is 6.23. The number of anilines is 1. The van der Waals surface area contributed by atoms with Gasteiger partial charge in [-0.2, -0.15) is 0 Å². The molecule has 0 saturated carbocycles. The molecule has 0 unspecified atom stereocenters. The number of carbonyl (C=O) groups is 2. The number of carbonyl (C=O) groups excluding carboxylic acids is 2. The number of rotatable bonds is 5. The van der Waals surface area contributed by atoms with Crippen LogP contribution in [0.1, 0.15) is 31.3 Å². The van der Waals surface area contributed by atoms with Gasteiger partial charge in [0, 0.05) is 43.9 Å². The summed E-state index contributed by atoms with van der Waals surface area (Å²) in [5.74, 6) is 1.62. The number of aryl methyl sites for hydroxylation is 1. The van der Waals surface area contributed by atoms with Crippen molar-refractivity contribution in [2.45, 2.75) is 26.7 Å². The van der Waals surface area contributed by atoms with Gasteiger partial charge in [0.05, 0.1) is 13.1 Å². The molecule has 148 valence electrons. The molecule has 0 aliphatic carbocycles. The quantitative estimate of drug-likeness (QED) is 0.736. The van der Waals surface area contributed by atoms with E-state index in [0.717, 1.165) is 17.3 Å². The lowest BCUT2D eigenvalue weighted by Crippen LogP contribution is -2.51. The summed E-state index contributed by atoms with van der Waals surface area (Å²) in [5, 5.41) is 2.51. The van der Waals surface area contributed by atoms with Gasteiger partial charge in [0.25, 0.3) is 0 Å². The summed E-state index contributed by atoms with van der Waals surface area (Å²) in [6.07, 6.45) is 0. The van der Waals surface area contributed by atoms with Gasteiger partial charge in [-0.05, 0) is 6.92 Å². The van der Waals surface area contributed by atoms with Gasteiger partial charge < -0.3 is 20.9 Å². The van der Waals surface area contributed by atoms with E-state index in [2.05, 4.69) is 34.0 Å². The van der Waals surface area contributed by atoms with Gasteiger partial charge in [-0.1, -0.05) is 13.8 Å². The third-order valence-corrected chi connectivity index (χ3v) is 3.95. The van der Waals surface area contributed by atoms with Gasteiger partial charge in [-0.15, -0.1) is 24.8 Å². The number of nitrogens with one attached hydrogen (secondary N) is 1. The highest BCUT2D eigenvalue weighted by atomic mass is 35.5. The van der Waals surface area contributed by atoms with E-state index in [4.69, 9.17) is 5.73 Å². The normalized spacial score (nSPS) is 13.7. The first kappa shape index (κ1) is 24.4. The van der Waals surface area contributed by atoms with Crippen molar-refractivity contribution >= 4 is 42.4 Å². The summed E-state index contributed by atoms with van der Waals surface area (Å²) in [6.45, 7) is 8.66. The Labute approximate surface area is 166 Å². The number of amides is 2. The van der Waals surface area contributed by atoms with Crippen molar-refractivity contribution in [3.63, 3.8) is 0 Å². The van der Waals surface area contributed by atoms with Gasteiger partial charge in [-0.25, -0.2) is 9.97 Å². The van der Waals surface area contributed by atoms with Crippen LogP contribution in [0.4, 0.5) is 5.82 Å². The first-order chi connectivity index (χ1) is 11.4. The molecule has 0 aromatic carbocycles. The average molecular weight is 407 g/mol. The Morgan fingerprint density at radius 2 is 1.81 bits per heavy atom. The molecule has 0 atom stereocenters. The highest BCUT2D eigenvalue weighted by molar-refractivity contribution is 5.86. The van der Waals surface area contributed by atoms with E-state index in [1.165, 1.54) is 0 Å². The maximum Gasteiger partial charge on any atom is 0.242 e. The third kappa shape index (κ3) is 6.59. The zero-order chi connectivity index (χ0) is 17.7. The molecule has 8 nitrogen and oxygen atoms in total. The molecule has 10 heteroatoms. The number of hydrogen-bond donors (Lipinski definition) is 2. The van der Waals surface area contributed by atoms with Gasteiger partial charge in [0.2, 0.25) is 11.8 Å². The molecule has 0 spiro atoms. The SMILES string of the molecule is Cc1cc(N2CCN(C(=O)CNC(=O)CN)CC2)nc(C(C)C)n1.Cl.Cl. The van der Waals surface area contributed by atoms with Gasteiger partial charge in [-0.3, -0.25) is 9.59 Å². The number of aromatic nitrogens is 2. The van der Waals surface area contributed by atoms with Crippen molar-refractivity contribution in [2.24, 2.45) is 5.73 Å². The summed E-state index contributed by atoms with van der Waals surface area (Å²) < 4.78 is 0. The van der Waals surface area contributed by atoms with E-state index in [0.29, 0.717) is 26.2 Å². The first-order valence-corrected chi connectivity index (χ1v) is 8.25. The highest BCUT2D eigenvalue weighted by Crippen LogP contribution is 2.18. The minimum atomic E-state index is -0.320. The molecule has 0 radical (unpaired) electrons. The highest BCUT2D eigenvalue weighted by Gasteiger charge is 2.22. The van der Waals surface area contributed by atoms with Crippen LogP contribution in [0.3, 0.4) is 0 Å². The van der Waals surface area contributed by atoms with Crippen LogP contribution in [-0.4, -0.2) is 66.0 Å². The zero-order valence-electron chi connectivity index (χ0n) is 15.4. The molecule has 1 aliphatic heterocycles. The molecule has 2 amide bonds. The Bertz CT molecular complexity index is 606. The van der Waals surface area contributed by atoms with Crippen molar-refractivity contribution in [1.29, 1.82) is 0 Å². The van der Waals surface area contributed by atoms with Gasteiger partial charge in [0.15, 0.2) is 0 Å². The monoisotopic (exact) mass is 406 g/mol. The Balaban J connectivity index is 0.00000312. The lowest BCUT2D eigenvalue weighted by Gasteiger charge is -2.35. The maximum atomic E-state index is 12.1. The van der Waals surface area contributed by atoms with Crippen LogP contribution in [0.2, 0.25) is 0 Å². The van der Waals surface area contributed by atoms with E-state index in [9.17, 15) is 9.59 Å². The predicted molar refractivity (Wildman–Crippen MR) is 106 cm³/mol. The molecule has 1 fully saturated rings. The summed E-state index contributed by atoms with van der Waals surface area (Å²) in [6, 6.07) is 1.98. The molecule has 1 aromatic heterocycles. The fourth-order valence-corrected chi connectivity index (χ4v) is 2.54. The van der Waals surface area contributed by atoms with E-state index in [1.54, 1.807) is 4.90 Å². The van der Waals surface area contributed by atoms with Crippen LogP contribution < -0.4 is 16.0 Å². The number of halogens is 2. The predicted octanol–water partition coefficient (Wildman–Crippen LogP) is 0.476. The molecule has 1 saturated heterocycles. The van der Waals surface area contributed by atoms with Crippen LogP contribution in [0.25, 0.3) is 0 Å². The standard InChI is InChI=1S/C16H26N6O2.2ClH/c1-11(2)16-19-12(3)8-13(20-16)21-4-6-22(7-5-21)15(24)10-18-14(23)9-17;;/h8,11H,4-7,9-10,17H2,1-3H3,(H,18,23);2*1H. The summed E-state index contributed by atoms with van der Waals surface area (Å²) in [4.78, 5) is 36.2. The topological polar surface area (TPSA) is 104 Å². The summed E-state index contributed by atoms with van der Waals surface area (Å²) in [7, 11) is 0. The molecule has 1 aromatic rings. The second kappa shape index (κ2) is 11.2. The fourth-order valence-electron chi connectivity index (χ4n) is 2.54. The van der Waals surface area contributed by atoms with Gasteiger partial charge >= 0.3 is 0 Å². The number of hydrogen-bond acceptors (Lipinski definition) is 6. The largest absolute Gasteiger partial charge is 0.353 e. The van der Waals surface area contributed by atoms with Crippen molar-refractivity contribution < 1.29 is 9.59 Å². The molecular formula is C16H28Cl2N6O2. The van der Waals surface area contributed by atoms with Crippen molar-refractivity contribution in [2.75, 3.05) is 44.2 Å². The molecule has 2 rings (SSSR count). The molecule has 26 heavy (non-hydrogen) atoms.